The van der Waals surface area contributed by atoms with Crippen LogP contribution in [0.5, 0.6) is 0 Å². The predicted octanol–water partition coefficient (Wildman–Crippen LogP) is 3.80. The molecule has 2 heteroatoms. The minimum absolute atomic E-state index is 0.507. The molecule has 0 aromatic rings. The second-order valence-electron chi connectivity index (χ2n) is 5.59. The maximum atomic E-state index is 5.74. The van der Waals surface area contributed by atoms with E-state index in [2.05, 4.69) is 52.8 Å². The molecule has 0 aliphatic rings. The van der Waals surface area contributed by atoms with Gasteiger partial charge in [-0.2, -0.15) is 0 Å². The van der Waals surface area contributed by atoms with Crippen LogP contribution in [0.25, 0.3) is 0 Å². The molecule has 0 saturated carbocycles. The third-order valence-electron chi connectivity index (χ3n) is 4.03. The maximum Gasteiger partial charge on any atom is 0.0340 e. The average molecular weight is 252 g/mol. The smallest absolute Gasteiger partial charge is 0.0340 e. The summed E-state index contributed by atoms with van der Waals surface area (Å²) < 4.78 is 0. The third kappa shape index (κ3) is 4.85. The van der Waals surface area contributed by atoms with E-state index in [1.165, 1.54) is 18.4 Å². The van der Waals surface area contributed by atoms with E-state index in [9.17, 15) is 0 Å². The molecule has 0 aromatic carbocycles. The highest BCUT2D eigenvalue weighted by molar-refractivity contribution is 5.02. The number of rotatable bonds is 9. The van der Waals surface area contributed by atoms with Crippen LogP contribution < -0.4 is 5.73 Å². The van der Waals surface area contributed by atoms with Crippen molar-refractivity contribution in [2.75, 3.05) is 13.6 Å². The summed E-state index contributed by atoms with van der Waals surface area (Å²) in [6, 6.07) is 0.507. The second kappa shape index (κ2) is 8.36. The Bertz CT molecular complexity index is 270. The van der Waals surface area contributed by atoms with Crippen molar-refractivity contribution in [1.29, 1.82) is 0 Å². The van der Waals surface area contributed by atoms with Gasteiger partial charge in [-0.15, -0.1) is 6.58 Å². The van der Waals surface area contributed by atoms with Crippen molar-refractivity contribution in [2.24, 2.45) is 17.6 Å². The quantitative estimate of drug-likeness (QED) is 0.632. The zero-order valence-corrected chi connectivity index (χ0v) is 13.0. The first-order valence-electron chi connectivity index (χ1n) is 7.13. The highest BCUT2D eigenvalue weighted by atomic mass is 15.2. The Hall–Kier alpha value is -0.760. The van der Waals surface area contributed by atoms with Gasteiger partial charge in [0, 0.05) is 25.3 Å². The summed E-state index contributed by atoms with van der Waals surface area (Å²) in [4.78, 5) is 2.30. The van der Waals surface area contributed by atoms with Crippen molar-refractivity contribution >= 4 is 0 Å². The molecule has 0 bridgehead atoms. The van der Waals surface area contributed by atoms with E-state index >= 15 is 0 Å². The molecule has 2 N–H and O–H groups in total. The lowest BCUT2D eigenvalue weighted by atomic mass is 9.81. The molecule has 0 saturated heterocycles. The minimum Gasteiger partial charge on any atom is -0.374 e. The Kier molecular flexibility index (Phi) is 8.01. The molecule has 0 radical (unpaired) electrons. The van der Waals surface area contributed by atoms with E-state index < -0.39 is 0 Å². The van der Waals surface area contributed by atoms with Gasteiger partial charge in [-0.25, -0.2) is 0 Å². The molecule has 0 aliphatic carbocycles. The first-order chi connectivity index (χ1) is 8.38. The highest BCUT2D eigenvalue weighted by Gasteiger charge is 2.28. The van der Waals surface area contributed by atoms with E-state index in [-0.39, 0.29) is 0 Å². The van der Waals surface area contributed by atoms with Crippen molar-refractivity contribution in [3.63, 3.8) is 0 Å². The van der Waals surface area contributed by atoms with Gasteiger partial charge < -0.3 is 10.6 Å². The fraction of sp³-hybridized carbons (Fsp3) is 0.750. The van der Waals surface area contributed by atoms with Crippen molar-refractivity contribution in [3.8, 4) is 0 Å². The highest BCUT2D eigenvalue weighted by Crippen LogP contribution is 2.29. The molecule has 2 nitrogen and oxygen atoms in total. The van der Waals surface area contributed by atoms with E-state index in [0.29, 0.717) is 24.4 Å². The van der Waals surface area contributed by atoms with Crippen LogP contribution in [-0.4, -0.2) is 24.5 Å². The summed E-state index contributed by atoms with van der Waals surface area (Å²) in [5.74, 6) is 1.27. The molecular weight excluding hydrogens is 220 g/mol. The minimum atomic E-state index is 0.507. The monoisotopic (exact) mass is 252 g/mol. The summed E-state index contributed by atoms with van der Waals surface area (Å²) in [5.41, 5.74) is 8.03. The van der Waals surface area contributed by atoms with E-state index in [1.54, 1.807) is 0 Å². The van der Waals surface area contributed by atoms with Crippen molar-refractivity contribution in [3.05, 3.63) is 24.4 Å². The Morgan fingerprint density at radius 1 is 1.22 bits per heavy atom. The fourth-order valence-corrected chi connectivity index (χ4v) is 2.71. The lowest BCUT2D eigenvalue weighted by molar-refractivity contribution is 0.146. The largest absolute Gasteiger partial charge is 0.374 e. The Labute approximate surface area is 114 Å². The van der Waals surface area contributed by atoms with E-state index in [0.717, 1.165) is 12.1 Å². The van der Waals surface area contributed by atoms with Crippen LogP contribution in [-0.2, 0) is 0 Å². The molecule has 3 unspecified atom stereocenters. The van der Waals surface area contributed by atoms with Gasteiger partial charge in [0.15, 0.2) is 0 Å². The molecule has 0 heterocycles. The van der Waals surface area contributed by atoms with Crippen molar-refractivity contribution in [1.82, 2.24) is 4.90 Å². The predicted molar refractivity (Wildman–Crippen MR) is 82.4 cm³/mol. The SMILES string of the molecule is C=C(C)CC(CC)C(C(C)CC)N(C)C(=C)CN. The summed E-state index contributed by atoms with van der Waals surface area (Å²) in [6.07, 6.45) is 3.44. The van der Waals surface area contributed by atoms with Gasteiger partial charge in [0.2, 0.25) is 0 Å². The number of hydrogen-bond donors (Lipinski definition) is 1. The third-order valence-corrected chi connectivity index (χ3v) is 4.03. The van der Waals surface area contributed by atoms with Crippen LogP contribution in [0.1, 0.15) is 47.0 Å². The number of allylic oxidation sites excluding steroid dienone is 1. The molecule has 0 amide bonds. The number of likely N-dealkylation sites (N-methyl/N-ethyl adjacent to an activating group) is 1. The molecule has 0 spiro atoms. The fourth-order valence-electron chi connectivity index (χ4n) is 2.71. The molecule has 18 heavy (non-hydrogen) atoms. The van der Waals surface area contributed by atoms with Crippen LogP contribution in [0.3, 0.4) is 0 Å². The molecule has 0 fully saturated rings. The van der Waals surface area contributed by atoms with Gasteiger partial charge in [0.25, 0.3) is 0 Å². The molecule has 0 aliphatic heterocycles. The van der Waals surface area contributed by atoms with Crippen molar-refractivity contribution < 1.29 is 0 Å². The Morgan fingerprint density at radius 3 is 2.11 bits per heavy atom. The number of nitrogens with zero attached hydrogens (tertiary/aromatic N) is 1. The molecule has 0 rings (SSSR count). The zero-order valence-electron chi connectivity index (χ0n) is 13.0. The summed E-state index contributed by atoms with van der Waals surface area (Å²) in [5, 5.41) is 0. The first-order valence-corrected chi connectivity index (χ1v) is 7.13. The van der Waals surface area contributed by atoms with Gasteiger partial charge in [0.05, 0.1) is 0 Å². The van der Waals surface area contributed by atoms with Gasteiger partial charge in [-0.05, 0) is 25.2 Å². The first kappa shape index (κ1) is 17.2. The summed E-state index contributed by atoms with van der Waals surface area (Å²) in [6.45, 7) is 17.7. The van der Waals surface area contributed by atoms with Crippen LogP contribution in [0, 0.1) is 11.8 Å². The Balaban J connectivity index is 5.05. The zero-order chi connectivity index (χ0) is 14.3. The van der Waals surface area contributed by atoms with Gasteiger partial charge >= 0.3 is 0 Å². The standard InChI is InChI=1S/C16H32N2/c1-8-13(5)16(18(7)14(6)11-17)15(9-2)10-12(3)4/h13,15-16H,3,6,8-11,17H2,1-2,4-5,7H3. The normalized spacial score (nSPS) is 15.9. The van der Waals surface area contributed by atoms with Crippen LogP contribution in [0.15, 0.2) is 24.4 Å². The summed E-state index contributed by atoms with van der Waals surface area (Å²) in [7, 11) is 2.13. The molecule has 3 atom stereocenters. The second-order valence-corrected chi connectivity index (χ2v) is 5.59. The van der Waals surface area contributed by atoms with Gasteiger partial charge in [-0.3, -0.25) is 0 Å². The summed E-state index contributed by atoms with van der Waals surface area (Å²) >= 11 is 0. The van der Waals surface area contributed by atoms with Gasteiger partial charge in [-0.1, -0.05) is 45.8 Å². The van der Waals surface area contributed by atoms with Crippen LogP contribution >= 0.6 is 0 Å². The maximum absolute atomic E-state index is 5.74. The topological polar surface area (TPSA) is 29.3 Å². The van der Waals surface area contributed by atoms with Gasteiger partial charge in [0.1, 0.15) is 0 Å². The van der Waals surface area contributed by atoms with Crippen LogP contribution in [0.4, 0.5) is 0 Å². The van der Waals surface area contributed by atoms with Crippen molar-refractivity contribution in [2.45, 2.75) is 53.0 Å². The Morgan fingerprint density at radius 2 is 1.78 bits per heavy atom. The molecular formula is C16H32N2. The van der Waals surface area contributed by atoms with E-state index in [1.807, 2.05) is 0 Å². The number of nitrogens with two attached hydrogens (primary N) is 1. The average Bonchev–Trinajstić information content (AvgIpc) is 2.35. The lowest BCUT2D eigenvalue weighted by Crippen LogP contribution is -2.43. The van der Waals surface area contributed by atoms with Crippen LogP contribution in [0.2, 0.25) is 0 Å². The molecule has 0 aromatic heterocycles. The number of hydrogen-bond acceptors (Lipinski definition) is 2. The lowest BCUT2D eigenvalue weighted by Gasteiger charge is -2.40. The molecule has 106 valence electrons. The van der Waals surface area contributed by atoms with E-state index in [4.69, 9.17) is 5.73 Å².